The number of nitrogens with one attached hydrogen (secondary N) is 1. The summed E-state index contributed by atoms with van der Waals surface area (Å²) in [6.45, 7) is 6.41. The van der Waals surface area contributed by atoms with Gasteiger partial charge in [-0.2, -0.15) is 0 Å². The van der Waals surface area contributed by atoms with Gasteiger partial charge in [-0.15, -0.1) is 0 Å². The SMILES string of the molecule is CCC(=CCNC(C)(C)CCO)C(=O)O. The molecule has 4 heteroatoms. The molecule has 4 nitrogen and oxygen atoms in total. The molecule has 0 aliphatic carbocycles. The predicted octanol–water partition coefficient (Wildman–Crippen LogP) is 1.16. The molecular weight excluding hydrogens is 194 g/mol. The summed E-state index contributed by atoms with van der Waals surface area (Å²) in [6.07, 6.45) is 2.86. The third kappa shape index (κ3) is 6.25. The smallest absolute Gasteiger partial charge is 0.331 e. The Morgan fingerprint density at radius 3 is 2.47 bits per heavy atom. The zero-order chi connectivity index (χ0) is 11.9. The maximum atomic E-state index is 10.7. The van der Waals surface area contributed by atoms with Crippen molar-refractivity contribution in [3.8, 4) is 0 Å². The lowest BCUT2D eigenvalue weighted by Crippen LogP contribution is -2.40. The van der Waals surface area contributed by atoms with Crippen molar-refractivity contribution in [1.29, 1.82) is 0 Å². The highest BCUT2D eigenvalue weighted by Crippen LogP contribution is 2.07. The topological polar surface area (TPSA) is 69.6 Å². The van der Waals surface area contributed by atoms with Crippen LogP contribution < -0.4 is 5.32 Å². The Balaban J connectivity index is 4.10. The molecule has 0 saturated heterocycles. The molecule has 0 fully saturated rings. The fourth-order valence-electron chi connectivity index (χ4n) is 1.20. The van der Waals surface area contributed by atoms with Crippen molar-refractivity contribution in [2.75, 3.05) is 13.2 Å². The van der Waals surface area contributed by atoms with Gasteiger partial charge in [0.15, 0.2) is 0 Å². The second-order valence-electron chi connectivity index (χ2n) is 4.13. The van der Waals surface area contributed by atoms with E-state index in [9.17, 15) is 4.79 Å². The van der Waals surface area contributed by atoms with Crippen LogP contribution in [0.1, 0.15) is 33.6 Å². The summed E-state index contributed by atoms with van der Waals surface area (Å²) in [5, 5.41) is 20.7. The van der Waals surface area contributed by atoms with Gasteiger partial charge in [-0.3, -0.25) is 0 Å². The van der Waals surface area contributed by atoms with E-state index >= 15 is 0 Å². The summed E-state index contributed by atoms with van der Waals surface area (Å²) in [5.74, 6) is -0.862. The average molecular weight is 215 g/mol. The van der Waals surface area contributed by atoms with Gasteiger partial charge in [-0.05, 0) is 26.7 Å². The number of carboxylic acid groups (broad SMARTS) is 1. The molecule has 0 spiro atoms. The van der Waals surface area contributed by atoms with Crippen LogP contribution in [0.5, 0.6) is 0 Å². The second kappa shape index (κ2) is 6.58. The first kappa shape index (κ1) is 14.1. The Morgan fingerprint density at radius 1 is 1.47 bits per heavy atom. The van der Waals surface area contributed by atoms with Gasteiger partial charge in [-0.1, -0.05) is 13.0 Å². The number of hydrogen-bond donors (Lipinski definition) is 3. The number of carboxylic acids is 1. The summed E-state index contributed by atoms with van der Waals surface area (Å²) < 4.78 is 0. The first-order valence-corrected chi connectivity index (χ1v) is 5.21. The van der Waals surface area contributed by atoms with E-state index in [4.69, 9.17) is 10.2 Å². The van der Waals surface area contributed by atoms with Crippen LogP contribution in [0.4, 0.5) is 0 Å². The van der Waals surface area contributed by atoms with Gasteiger partial charge in [0.25, 0.3) is 0 Å². The van der Waals surface area contributed by atoms with Crippen LogP contribution in [0.3, 0.4) is 0 Å². The molecule has 15 heavy (non-hydrogen) atoms. The molecule has 0 aromatic carbocycles. The van der Waals surface area contributed by atoms with Crippen LogP contribution in [0.15, 0.2) is 11.6 Å². The lowest BCUT2D eigenvalue weighted by Gasteiger charge is -2.24. The summed E-state index contributed by atoms with van der Waals surface area (Å²) in [4.78, 5) is 10.7. The zero-order valence-electron chi connectivity index (χ0n) is 9.71. The predicted molar refractivity (Wildman–Crippen MR) is 59.8 cm³/mol. The molecule has 0 aliphatic rings. The number of aliphatic hydroxyl groups excluding tert-OH is 1. The van der Waals surface area contributed by atoms with E-state index in [1.807, 2.05) is 20.8 Å². The maximum Gasteiger partial charge on any atom is 0.331 e. The Morgan fingerprint density at radius 2 is 2.07 bits per heavy atom. The van der Waals surface area contributed by atoms with Crippen LogP contribution in [-0.4, -0.2) is 34.9 Å². The summed E-state index contributed by atoms with van der Waals surface area (Å²) >= 11 is 0. The molecule has 0 aromatic rings. The number of rotatable bonds is 7. The minimum atomic E-state index is -0.862. The number of hydrogen-bond acceptors (Lipinski definition) is 3. The van der Waals surface area contributed by atoms with Gasteiger partial charge in [0, 0.05) is 24.3 Å². The van der Waals surface area contributed by atoms with Crippen molar-refractivity contribution < 1.29 is 15.0 Å². The molecule has 0 aromatic heterocycles. The molecule has 0 atom stereocenters. The Bertz CT molecular complexity index is 234. The van der Waals surface area contributed by atoms with E-state index in [0.717, 1.165) is 0 Å². The van der Waals surface area contributed by atoms with E-state index in [1.165, 1.54) is 0 Å². The fraction of sp³-hybridized carbons (Fsp3) is 0.727. The maximum absolute atomic E-state index is 10.7. The van der Waals surface area contributed by atoms with Crippen molar-refractivity contribution in [1.82, 2.24) is 5.32 Å². The second-order valence-corrected chi connectivity index (χ2v) is 4.13. The van der Waals surface area contributed by atoms with E-state index in [0.29, 0.717) is 25.0 Å². The third-order valence-electron chi connectivity index (χ3n) is 2.32. The summed E-state index contributed by atoms with van der Waals surface area (Å²) in [7, 11) is 0. The van der Waals surface area contributed by atoms with Crippen molar-refractivity contribution in [3.63, 3.8) is 0 Å². The highest BCUT2D eigenvalue weighted by atomic mass is 16.4. The molecule has 88 valence electrons. The Labute approximate surface area is 91.0 Å². The van der Waals surface area contributed by atoms with Gasteiger partial charge < -0.3 is 15.5 Å². The van der Waals surface area contributed by atoms with Crippen LogP contribution in [0, 0.1) is 0 Å². The first-order chi connectivity index (χ1) is 6.93. The Hall–Kier alpha value is -0.870. The molecule has 0 radical (unpaired) electrons. The molecule has 0 rings (SSSR count). The highest BCUT2D eigenvalue weighted by Gasteiger charge is 2.15. The van der Waals surface area contributed by atoms with Gasteiger partial charge in [0.1, 0.15) is 0 Å². The molecule has 0 amide bonds. The molecule has 3 N–H and O–H groups in total. The molecule has 0 heterocycles. The summed E-state index contributed by atoms with van der Waals surface area (Å²) in [5.41, 5.74) is 0.255. The van der Waals surface area contributed by atoms with E-state index in [1.54, 1.807) is 6.08 Å². The Kier molecular flexibility index (Phi) is 6.20. The first-order valence-electron chi connectivity index (χ1n) is 5.21. The lowest BCUT2D eigenvalue weighted by atomic mass is 10.0. The van der Waals surface area contributed by atoms with Gasteiger partial charge in [-0.25, -0.2) is 4.79 Å². The van der Waals surface area contributed by atoms with E-state index in [2.05, 4.69) is 5.32 Å². The van der Waals surface area contributed by atoms with Crippen LogP contribution in [0.2, 0.25) is 0 Å². The molecule has 0 saturated carbocycles. The highest BCUT2D eigenvalue weighted by molar-refractivity contribution is 5.86. The summed E-state index contributed by atoms with van der Waals surface area (Å²) in [6, 6.07) is 0. The van der Waals surface area contributed by atoms with Gasteiger partial charge in [0.2, 0.25) is 0 Å². The van der Waals surface area contributed by atoms with Crippen molar-refractivity contribution in [3.05, 3.63) is 11.6 Å². The van der Waals surface area contributed by atoms with Crippen LogP contribution in [0.25, 0.3) is 0 Å². The average Bonchev–Trinajstić information content (AvgIpc) is 2.11. The standard InChI is InChI=1S/C11H21NO3/c1-4-9(10(14)15)5-7-12-11(2,3)6-8-13/h5,12-13H,4,6-8H2,1-3H3,(H,14,15). The fourth-order valence-corrected chi connectivity index (χ4v) is 1.20. The number of carbonyl (C=O) groups is 1. The molecule has 0 aliphatic heterocycles. The monoisotopic (exact) mass is 215 g/mol. The molecule has 0 bridgehead atoms. The van der Waals surface area contributed by atoms with E-state index < -0.39 is 5.97 Å². The van der Waals surface area contributed by atoms with Crippen molar-refractivity contribution in [2.45, 2.75) is 39.2 Å². The normalized spacial score (nSPS) is 12.9. The van der Waals surface area contributed by atoms with Crippen molar-refractivity contribution in [2.24, 2.45) is 0 Å². The van der Waals surface area contributed by atoms with Crippen molar-refractivity contribution >= 4 is 5.97 Å². The quantitative estimate of drug-likeness (QED) is 0.557. The van der Waals surface area contributed by atoms with Crippen LogP contribution in [-0.2, 0) is 4.79 Å². The third-order valence-corrected chi connectivity index (χ3v) is 2.32. The van der Waals surface area contributed by atoms with E-state index in [-0.39, 0.29) is 12.1 Å². The number of aliphatic carboxylic acids is 1. The minimum absolute atomic E-state index is 0.128. The van der Waals surface area contributed by atoms with Crippen LogP contribution >= 0.6 is 0 Å². The zero-order valence-corrected chi connectivity index (χ0v) is 9.71. The van der Waals surface area contributed by atoms with Gasteiger partial charge >= 0.3 is 5.97 Å². The lowest BCUT2D eigenvalue weighted by molar-refractivity contribution is -0.132. The minimum Gasteiger partial charge on any atom is -0.478 e. The number of aliphatic hydroxyl groups is 1. The molecule has 0 unspecified atom stereocenters. The van der Waals surface area contributed by atoms with Gasteiger partial charge in [0.05, 0.1) is 0 Å². The largest absolute Gasteiger partial charge is 0.478 e. The molecular formula is C11H21NO3.